The monoisotopic (exact) mass is 292 g/mol. The summed E-state index contributed by atoms with van der Waals surface area (Å²) in [7, 11) is 1.49. The maximum Gasteiger partial charge on any atom is 0.200 e. The van der Waals surface area contributed by atoms with Crippen LogP contribution in [-0.4, -0.2) is 12.9 Å². The van der Waals surface area contributed by atoms with Crippen LogP contribution < -0.4 is 4.74 Å². The average molecular weight is 293 g/mol. The van der Waals surface area contributed by atoms with Crippen molar-refractivity contribution in [1.29, 1.82) is 0 Å². The van der Waals surface area contributed by atoms with Crippen LogP contribution in [0.5, 0.6) is 5.75 Å². The van der Waals surface area contributed by atoms with Crippen molar-refractivity contribution < 1.29 is 13.9 Å². The van der Waals surface area contributed by atoms with Gasteiger partial charge in [-0.05, 0) is 43.2 Å². The molecule has 0 N–H and O–H groups in total. The second kappa shape index (κ2) is 5.63. The van der Waals surface area contributed by atoms with E-state index >= 15 is 0 Å². The van der Waals surface area contributed by atoms with Crippen molar-refractivity contribution in [3.8, 4) is 5.75 Å². The van der Waals surface area contributed by atoms with E-state index in [1.807, 2.05) is 13.0 Å². The highest BCUT2D eigenvalue weighted by Gasteiger charge is 2.21. The van der Waals surface area contributed by atoms with Gasteiger partial charge in [-0.1, -0.05) is 23.7 Å². The van der Waals surface area contributed by atoms with Gasteiger partial charge in [0.05, 0.1) is 23.3 Å². The van der Waals surface area contributed by atoms with Crippen molar-refractivity contribution >= 4 is 17.4 Å². The molecule has 0 radical (unpaired) electrons. The predicted molar refractivity (Wildman–Crippen MR) is 77.3 cm³/mol. The van der Waals surface area contributed by atoms with Crippen molar-refractivity contribution in [3.05, 3.63) is 63.4 Å². The molecule has 0 saturated heterocycles. The van der Waals surface area contributed by atoms with Gasteiger partial charge in [-0.2, -0.15) is 0 Å². The third kappa shape index (κ3) is 2.54. The largest absolute Gasteiger partial charge is 0.496 e. The van der Waals surface area contributed by atoms with E-state index in [-0.39, 0.29) is 10.6 Å². The molecule has 0 unspecified atom stereocenters. The molecule has 0 aliphatic heterocycles. The Bertz CT molecular complexity index is 680. The van der Waals surface area contributed by atoms with Crippen LogP contribution in [0.15, 0.2) is 30.3 Å². The van der Waals surface area contributed by atoms with Crippen LogP contribution in [0.1, 0.15) is 27.0 Å². The Morgan fingerprint density at radius 1 is 1.25 bits per heavy atom. The summed E-state index contributed by atoms with van der Waals surface area (Å²) in [6, 6.07) is 7.99. The maximum absolute atomic E-state index is 14.0. The lowest BCUT2D eigenvalue weighted by atomic mass is 9.96. The third-order valence-corrected chi connectivity index (χ3v) is 3.38. The normalized spacial score (nSPS) is 10.4. The van der Waals surface area contributed by atoms with E-state index in [1.54, 1.807) is 19.1 Å². The zero-order valence-corrected chi connectivity index (χ0v) is 12.2. The quantitative estimate of drug-likeness (QED) is 0.787. The molecule has 2 rings (SSSR count). The van der Waals surface area contributed by atoms with E-state index in [1.165, 1.54) is 19.2 Å². The number of ketones is 1. The van der Waals surface area contributed by atoms with Crippen LogP contribution in [0.3, 0.4) is 0 Å². The number of halogens is 2. The summed E-state index contributed by atoms with van der Waals surface area (Å²) in [5.41, 5.74) is 2.02. The summed E-state index contributed by atoms with van der Waals surface area (Å²) in [6.45, 7) is 3.70. The summed E-state index contributed by atoms with van der Waals surface area (Å²) < 4.78 is 19.2. The smallest absolute Gasteiger partial charge is 0.200 e. The van der Waals surface area contributed by atoms with Crippen LogP contribution >= 0.6 is 11.6 Å². The zero-order valence-electron chi connectivity index (χ0n) is 11.5. The lowest BCUT2D eigenvalue weighted by Gasteiger charge is -2.12. The molecule has 104 valence electrons. The first-order valence-electron chi connectivity index (χ1n) is 6.09. The number of hydrogen-bond donors (Lipinski definition) is 0. The average Bonchev–Trinajstić information content (AvgIpc) is 2.40. The molecule has 0 aliphatic carbocycles. The number of carbonyl (C=O) groups is 1. The first-order chi connectivity index (χ1) is 9.45. The van der Waals surface area contributed by atoms with Gasteiger partial charge in [0, 0.05) is 0 Å². The summed E-state index contributed by atoms with van der Waals surface area (Å²) in [5.74, 6) is -0.701. The SMILES string of the molecule is COc1cc(C)cc(C)c1C(=O)c1cccc(Cl)c1F. The van der Waals surface area contributed by atoms with Gasteiger partial charge in [0.2, 0.25) is 0 Å². The maximum atomic E-state index is 14.0. The van der Waals surface area contributed by atoms with Crippen LogP contribution in [0.4, 0.5) is 4.39 Å². The van der Waals surface area contributed by atoms with Gasteiger partial charge >= 0.3 is 0 Å². The number of methoxy groups -OCH3 is 1. The lowest BCUT2D eigenvalue weighted by molar-refractivity contribution is 0.103. The van der Waals surface area contributed by atoms with Crippen LogP contribution in [0, 0.1) is 19.7 Å². The fourth-order valence-electron chi connectivity index (χ4n) is 2.19. The van der Waals surface area contributed by atoms with Crippen molar-refractivity contribution in [1.82, 2.24) is 0 Å². The number of ether oxygens (including phenoxy) is 1. The first-order valence-corrected chi connectivity index (χ1v) is 6.47. The molecule has 2 nitrogen and oxygen atoms in total. The van der Waals surface area contributed by atoms with Gasteiger partial charge in [0.15, 0.2) is 11.6 Å². The molecule has 0 spiro atoms. The highest BCUT2D eigenvalue weighted by molar-refractivity contribution is 6.31. The zero-order chi connectivity index (χ0) is 14.9. The van der Waals surface area contributed by atoms with Crippen LogP contribution in [0.2, 0.25) is 5.02 Å². The fraction of sp³-hybridized carbons (Fsp3) is 0.188. The van der Waals surface area contributed by atoms with Crippen molar-refractivity contribution in [2.45, 2.75) is 13.8 Å². The predicted octanol–water partition coefficient (Wildman–Crippen LogP) is 4.34. The number of hydrogen-bond acceptors (Lipinski definition) is 2. The standard InChI is InChI=1S/C16H14ClFO2/c1-9-7-10(2)14(13(8-9)20-3)16(19)11-5-4-6-12(17)15(11)18/h4-8H,1-3H3. The molecule has 0 saturated carbocycles. The third-order valence-electron chi connectivity index (χ3n) is 3.09. The van der Waals surface area contributed by atoms with E-state index < -0.39 is 11.6 Å². The van der Waals surface area contributed by atoms with Crippen molar-refractivity contribution in [2.24, 2.45) is 0 Å². The number of benzene rings is 2. The van der Waals surface area contributed by atoms with E-state index in [0.29, 0.717) is 11.3 Å². The molecule has 0 heterocycles. The van der Waals surface area contributed by atoms with Gasteiger partial charge in [-0.3, -0.25) is 4.79 Å². The van der Waals surface area contributed by atoms with Crippen LogP contribution in [-0.2, 0) is 0 Å². The highest BCUT2D eigenvalue weighted by Crippen LogP contribution is 2.29. The van der Waals surface area contributed by atoms with Gasteiger partial charge in [-0.25, -0.2) is 4.39 Å². The molecule has 20 heavy (non-hydrogen) atoms. The Balaban J connectivity index is 2.62. The molecular formula is C16H14ClFO2. The van der Waals surface area contributed by atoms with Gasteiger partial charge in [-0.15, -0.1) is 0 Å². The molecule has 0 atom stereocenters. The summed E-state index contributed by atoms with van der Waals surface area (Å²) in [6.07, 6.45) is 0. The molecule has 0 aliphatic rings. The minimum absolute atomic E-state index is 0.0530. The first kappa shape index (κ1) is 14.5. The topological polar surface area (TPSA) is 26.3 Å². The minimum atomic E-state index is -0.707. The summed E-state index contributed by atoms with van der Waals surface area (Å²) in [5, 5.41) is -0.0698. The van der Waals surface area contributed by atoms with Crippen LogP contribution in [0.25, 0.3) is 0 Å². The molecule has 0 amide bonds. The van der Waals surface area contributed by atoms with E-state index in [2.05, 4.69) is 0 Å². The second-order valence-electron chi connectivity index (χ2n) is 4.59. The van der Waals surface area contributed by atoms with E-state index in [0.717, 1.165) is 11.1 Å². The number of carbonyl (C=O) groups excluding carboxylic acids is 1. The summed E-state index contributed by atoms with van der Waals surface area (Å²) in [4.78, 5) is 12.6. The Morgan fingerprint density at radius 3 is 2.60 bits per heavy atom. The lowest BCUT2D eigenvalue weighted by Crippen LogP contribution is -2.09. The highest BCUT2D eigenvalue weighted by atomic mass is 35.5. The van der Waals surface area contributed by atoms with Crippen molar-refractivity contribution in [3.63, 3.8) is 0 Å². The Labute approximate surface area is 122 Å². The Kier molecular flexibility index (Phi) is 4.09. The van der Waals surface area contributed by atoms with Crippen molar-refractivity contribution in [2.75, 3.05) is 7.11 Å². The van der Waals surface area contributed by atoms with Gasteiger partial charge < -0.3 is 4.74 Å². The van der Waals surface area contributed by atoms with E-state index in [9.17, 15) is 9.18 Å². The molecule has 0 fully saturated rings. The number of rotatable bonds is 3. The Morgan fingerprint density at radius 2 is 1.95 bits per heavy atom. The molecule has 2 aromatic carbocycles. The van der Waals surface area contributed by atoms with E-state index in [4.69, 9.17) is 16.3 Å². The molecule has 0 aromatic heterocycles. The number of aryl methyl sites for hydroxylation is 2. The molecule has 0 bridgehead atoms. The van der Waals surface area contributed by atoms with Gasteiger partial charge in [0.25, 0.3) is 0 Å². The molecular weight excluding hydrogens is 279 g/mol. The molecule has 4 heteroatoms. The fourth-order valence-corrected chi connectivity index (χ4v) is 2.37. The Hall–Kier alpha value is -1.87. The second-order valence-corrected chi connectivity index (χ2v) is 5.00. The van der Waals surface area contributed by atoms with Gasteiger partial charge in [0.1, 0.15) is 5.75 Å². The minimum Gasteiger partial charge on any atom is -0.496 e. The molecule has 2 aromatic rings. The summed E-state index contributed by atoms with van der Waals surface area (Å²) >= 11 is 5.73.